The van der Waals surface area contributed by atoms with Gasteiger partial charge in [-0.15, -0.1) is 0 Å². The van der Waals surface area contributed by atoms with Crippen molar-refractivity contribution in [2.45, 2.75) is 38.1 Å². The molecule has 0 aromatic heterocycles. The van der Waals surface area contributed by atoms with Crippen molar-refractivity contribution in [3.05, 3.63) is 95.1 Å². The number of ether oxygens (including phenoxy) is 1. The Morgan fingerprint density at radius 1 is 0.895 bits per heavy atom. The SMILES string of the molecule is COC(=O)c1ccc2c(c1)NC(=O)/C2=C(\Nc1ccc(C(=O)N(C)C2CCCCC2)cc1)c1ccccc1. The zero-order valence-corrected chi connectivity index (χ0v) is 21.6. The van der Waals surface area contributed by atoms with Gasteiger partial charge in [-0.3, -0.25) is 9.59 Å². The number of carbonyl (C=O) groups excluding carboxylic acids is 3. The second-order valence-corrected chi connectivity index (χ2v) is 9.73. The number of carbonyl (C=O) groups is 3. The fourth-order valence-electron chi connectivity index (χ4n) is 5.23. The first-order chi connectivity index (χ1) is 18.5. The third-order valence-electron chi connectivity index (χ3n) is 7.34. The molecule has 2 aliphatic rings. The van der Waals surface area contributed by atoms with Crippen LogP contribution in [0.3, 0.4) is 0 Å². The maximum Gasteiger partial charge on any atom is 0.337 e. The quantitative estimate of drug-likeness (QED) is 0.323. The molecule has 3 aromatic rings. The minimum atomic E-state index is -0.468. The number of anilines is 2. The smallest absolute Gasteiger partial charge is 0.337 e. The monoisotopic (exact) mass is 509 g/mol. The molecule has 0 bridgehead atoms. The van der Waals surface area contributed by atoms with Crippen LogP contribution in [-0.4, -0.2) is 42.9 Å². The number of benzene rings is 3. The number of fused-ring (bicyclic) bond motifs is 1. The lowest BCUT2D eigenvalue weighted by atomic mass is 9.94. The third-order valence-corrected chi connectivity index (χ3v) is 7.34. The van der Waals surface area contributed by atoms with Crippen LogP contribution < -0.4 is 10.6 Å². The van der Waals surface area contributed by atoms with E-state index in [-0.39, 0.29) is 11.8 Å². The summed E-state index contributed by atoms with van der Waals surface area (Å²) in [5.74, 6) is -0.713. The Kier molecular flexibility index (Phi) is 7.26. The molecule has 3 aromatic carbocycles. The first kappa shape index (κ1) is 25.3. The minimum absolute atomic E-state index is 0.0237. The molecular formula is C31H31N3O4. The number of methoxy groups -OCH3 is 1. The van der Waals surface area contributed by atoms with E-state index in [1.54, 1.807) is 18.2 Å². The van der Waals surface area contributed by atoms with Gasteiger partial charge in [-0.2, -0.15) is 0 Å². The van der Waals surface area contributed by atoms with Gasteiger partial charge in [-0.25, -0.2) is 4.79 Å². The van der Waals surface area contributed by atoms with E-state index in [9.17, 15) is 14.4 Å². The summed E-state index contributed by atoms with van der Waals surface area (Å²) in [4.78, 5) is 40.1. The lowest BCUT2D eigenvalue weighted by Crippen LogP contribution is -2.38. The van der Waals surface area contributed by atoms with Gasteiger partial charge in [-0.1, -0.05) is 55.7 Å². The van der Waals surface area contributed by atoms with Gasteiger partial charge < -0.3 is 20.3 Å². The summed E-state index contributed by atoms with van der Waals surface area (Å²) >= 11 is 0. The van der Waals surface area contributed by atoms with Crippen LogP contribution in [0.25, 0.3) is 11.3 Å². The van der Waals surface area contributed by atoms with E-state index in [0.29, 0.717) is 39.7 Å². The fourth-order valence-corrected chi connectivity index (χ4v) is 5.23. The van der Waals surface area contributed by atoms with Crippen LogP contribution in [-0.2, 0) is 9.53 Å². The van der Waals surface area contributed by atoms with Gasteiger partial charge in [0, 0.05) is 29.9 Å². The highest BCUT2D eigenvalue weighted by Gasteiger charge is 2.29. The Bertz CT molecular complexity index is 1390. The van der Waals surface area contributed by atoms with E-state index in [0.717, 1.165) is 24.1 Å². The molecule has 0 radical (unpaired) electrons. The van der Waals surface area contributed by atoms with Crippen LogP contribution >= 0.6 is 0 Å². The van der Waals surface area contributed by atoms with Gasteiger partial charge in [0.05, 0.1) is 29.6 Å². The third kappa shape index (κ3) is 5.05. The predicted octanol–water partition coefficient (Wildman–Crippen LogP) is 5.81. The number of hydrogen-bond donors (Lipinski definition) is 2. The lowest BCUT2D eigenvalue weighted by molar-refractivity contribution is -0.110. The summed E-state index contributed by atoms with van der Waals surface area (Å²) in [6.45, 7) is 0. The number of amides is 2. The van der Waals surface area contributed by atoms with Gasteiger partial charge in [0.25, 0.3) is 11.8 Å². The molecule has 1 saturated carbocycles. The van der Waals surface area contributed by atoms with Crippen molar-refractivity contribution in [3.8, 4) is 0 Å². The Hall–Kier alpha value is -4.39. The number of rotatable bonds is 6. The van der Waals surface area contributed by atoms with Crippen molar-refractivity contribution >= 4 is 40.4 Å². The molecule has 2 amide bonds. The summed E-state index contributed by atoms with van der Waals surface area (Å²) in [6.07, 6.45) is 5.69. The largest absolute Gasteiger partial charge is 0.465 e. The van der Waals surface area contributed by atoms with Crippen LogP contribution in [0.2, 0.25) is 0 Å². The van der Waals surface area contributed by atoms with Gasteiger partial charge >= 0.3 is 5.97 Å². The number of nitrogens with zero attached hydrogens (tertiary/aromatic N) is 1. The normalized spacial score (nSPS) is 16.3. The second-order valence-electron chi connectivity index (χ2n) is 9.73. The van der Waals surface area contributed by atoms with E-state index in [1.165, 1.54) is 26.4 Å². The minimum Gasteiger partial charge on any atom is -0.465 e. The van der Waals surface area contributed by atoms with Gasteiger partial charge in [0.15, 0.2) is 0 Å². The van der Waals surface area contributed by atoms with Crippen molar-refractivity contribution in [2.24, 2.45) is 0 Å². The molecule has 5 rings (SSSR count). The molecule has 1 fully saturated rings. The maximum atomic E-state index is 13.2. The molecular weight excluding hydrogens is 478 g/mol. The second kappa shape index (κ2) is 10.9. The van der Waals surface area contributed by atoms with Crippen molar-refractivity contribution in [2.75, 3.05) is 24.8 Å². The van der Waals surface area contributed by atoms with Crippen molar-refractivity contribution in [1.29, 1.82) is 0 Å². The zero-order valence-electron chi connectivity index (χ0n) is 21.6. The molecule has 38 heavy (non-hydrogen) atoms. The van der Waals surface area contributed by atoms with Gasteiger partial charge in [-0.05, 0) is 54.8 Å². The van der Waals surface area contributed by atoms with E-state index in [4.69, 9.17) is 4.74 Å². The summed E-state index contributed by atoms with van der Waals surface area (Å²) in [5.41, 5.74) is 4.92. The van der Waals surface area contributed by atoms with Crippen molar-refractivity contribution in [1.82, 2.24) is 4.90 Å². The van der Waals surface area contributed by atoms with E-state index in [1.807, 2.05) is 66.5 Å². The van der Waals surface area contributed by atoms with Crippen LogP contribution in [0, 0.1) is 0 Å². The summed E-state index contributed by atoms with van der Waals surface area (Å²) < 4.78 is 4.82. The lowest BCUT2D eigenvalue weighted by Gasteiger charge is -2.31. The molecule has 1 heterocycles. The first-order valence-corrected chi connectivity index (χ1v) is 12.9. The number of hydrogen-bond acceptors (Lipinski definition) is 5. The van der Waals surface area contributed by atoms with Crippen LogP contribution in [0.1, 0.15) is 63.9 Å². The molecule has 0 spiro atoms. The number of esters is 1. The van der Waals surface area contributed by atoms with Gasteiger partial charge in [0.1, 0.15) is 0 Å². The average Bonchev–Trinajstić information content (AvgIpc) is 3.30. The molecule has 0 unspecified atom stereocenters. The molecule has 0 saturated heterocycles. The molecule has 7 nitrogen and oxygen atoms in total. The molecule has 194 valence electrons. The fraction of sp³-hybridized carbons (Fsp3) is 0.258. The topological polar surface area (TPSA) is 87.7 Å². The van der Waals surface area contributed by atoms with Crippen LogP contribution in [0.4, 0.5) is 11.4 Å². The molecule has 1 aliphatic heterocycles. The average molecular weight is 510 g/mol. The highest BCUT2D eigenvalue weighted by atomic mass is 16.5. The Morgan fingerprint density at radius 3 is 2.26 bits per heavy atom. The summed E-state index contributed by atoms with van der Waals surface area (Å²) in [7, 11) is 3.22. The number of nitrogens with one attached hydrogen (secondary N) is 2. The van der Waals surface area contributed by atoms with Crippen LogP contribution in [0.5, 0.6) is 0 Å². The van der Waals surface area contributed by atoms with Crippen LogP contribution in [0.15, 0.2) is 72.8 Å². The van der Waals surface area contributed by atoms with Crippen molar-refractivity contribution < 1.29 is 19.1 Å². The highest BCUT2D eigenvalue weighted by molar-refractivity contribution is 6.37. The maximum absolute atomic E-state index is 13.2. The van der Waals surface area contributed by atoms with E-state index in [2.05, 4.69) is 10.6 Å². The Morgan fingerprint density at radius 2 is 1.58 bits per heavy atom. The molecule has 1 aliphatic carbocycles. The molecule has 2 N–H and O–H groups in total. The summed E-state index contributed by atoms with van der Waals surface area (Å²) in [6, 6.07) is 22.3. The standard InChI is InChI=1S/C31H31N3O4/c1-34(24-11-7-4-8-12-24)30(36)21-13-16-23(17-14-21)32-28(20-9-5-3-6-10-20)27-25-18-15-22(31(37)38-2)19-26(25)33-29(27)35/h3,5-6,9-10,13-19,24,32H,4,7-8,11-12H2,1-2H3,(H,33,35)/b28-27-. The summed E-state index contributed by atoms with van der Waals surface area (Å²) in [5, 5.41) is 6.29. The van der Waals surface area contributed by atoms with Crippen molar-refractivity contribution in [3.63, 3.8) is 0 Å². The predicted molar refractivity (Wildman–Crippen MR) is 149 cm³/mol. The Labute approximate surface area is 222 Å². The molecule has 7 heteroatoms. The zero-order chi connectivity index (χ0) is 26.6. The first-order valence-electron chi connectivity index (χ1n) is 12.9. The van der Waals surface area contributed by atoms with E-state index < -0.39 is 5.97 Å². The molecule has 0 atom stereocenters. The van der Waals surface area contributed by atoms with Gasteiger partial charge in [0.2, 0.25) is 0 Å². The highest BCUT2D eigenvalue weighted by Crippen LogP contribution is 2.38. The van der Waals surface area contributed by atoms with E-state index >= 15 is 0 Å². The Balaban J connectivity index is 1.46.